The van der Waals surface area contributed by atoms with Crippen molar-refractivity contribution in [3.05, 3.63) is 0 Å². The van der Waals surface area contributed by atoms with Crippen LogP contribution in [0.3, 0.4) is 0 Å². The zero-order valence-electron chi connectivity index (χ0n) is 11.8. The molecular weight excluding hydrogens is 294 g/mol. The molecule has 0 saturated carbocycles. The molecule has 2 rings (SSSR count). The molecule has 1 unspecified atom stereocenters. The Morgan fingerprint density at radius 1 is 1.29 bits per heavy atom. The molecule has 2 heterocycles. The molecule has 2 amide bonds. The van der Waals surface area contributed by atoms with Crippen LogP contribution in [-0.2, 0) is 14.4 Å². The molecule has 0 radical (unpaired) electrons. The van der Waals surface area contributed by atoms with E-state index in [1.165, 1.54) is 4.90 Å². The van der Waals surface area contributed by atoms with E-state index in [0.717, 1.165) is 25.9 Å². The lowest BCUT2D eigenvalue weighted by Gasteiger charge is -2.34. The molecule has 0 bridgehead atoms. The number of nitrogens with zero attached hydrogens (tertiary/aromatic N) is 1. The van der Waals surface area contributed by atoms with Gasteiger partial charge in [0, 0.05) is 18.3 Å². The minimum absolute atomic E-state index is 0.139. The molecule has 8 heteroatoms. The number of carboxylic acids is 1. The van der Waals surface area contributed by atoms with Crippen LogP contribution in [0.15, 0.2) is 0 Å². The topological polar surface area (TPSA) is 98.7 Å². The van der Waals surface area contributed by atoms with E-state index in [9.17, 15) is 14.4 Å². The summed E-state index contributed by atoms with van der Waals surface area (Å²) in [7, 11) is 0. The summed E-state index contributed by atoms with van der Waals surface area (Å²) < 4.78 is 0. The van der Waals surface area contributed by atoms with Crippen molar-refractivity contribution in [1.82, 2.24) is 15.5 Å². The predicted octanol–water partition coefficient (Wildman–Crippen LogP) is -0.727. The van der Waals surface area contributed by atoms with Crippen molar-refractivity contribution in [3.63, 3.8) is 0 Å². The fraction of sp³-hybridized carbons (Fsp3) is 0.769. The van der Waals surface area contributed by atoms with Crippen molar-refractivity contribution in [2.75, 3.05) is 31.9 Å². The average Bonchev–Trinajstić information content (AvgIpc) is 2.47. The second-order valence-corrected chi connectivity index (χ2v) is 6.54. The van der Waals surface area contributed by atoms with Crippen molar-refractivity contribution in [1.29, 1.82) is 0 Å². The molecule has 2 aliphatic heterocycles. The Hall–Kier alpha value is -1.28. The molecule has 21 heavy (non-hydrogen) atoms. The summed E-state index contributed by atoms with van der Waals surface area (Å²) in [4.78, 5) is 36.3. The van der Waals surface area contributed by atoms with Gasteiger partial charge in [-0.1, -0.05) is 0 Å². The van der Waals surface area contributed by atoms with E-state index in [0.29, 0.717) is 24.1 Å². The van der Waals surface area contributed by atoms with Crippen molar-refractivity contribution < 1.29 is 19.5 Å². The lowest BCUT2D eigenvalue weighted by Crippen LogP contribution is -2.58. The number of rotatable bonds is 5. The van der Waals surface area contributed by atoms with E-state index in [-0.39, 0.29) is 18.2 Å². The number of nitrogens with one attached hydrogen (secondary N) is 2. The molecule has 2 fully saturated rings. The highest BCUT2D eigenvalue weighted by Gasteiger charge is 2.34. The highest BCUT2D eigenvalue weighted by molar-refractivity contribution is 8.00. The quantitative estimate of drug-likeness (QED) is 0.619. The number of piperidine rings is 1. The van der Waals surface area contributed by atoms with Crippen LogP contribution in [0, 0.1) is 0 Å². The largest absolute Gasteiger partial charge is 0.481 e. The first-order valence-corrected chi connectivity index (χ1v) is 8.24. The summed E-state index contributed by atoms with van der Waals surface area (Å²) in [5, 5.41) is 15.2. The van der Waals surface area contributed by atoms with E-state index < -0.39 is 12.0 Å². The lowest BCUT2D eigenvalue weighted by atomic mass is 10.1. The Morgan fingerprint density at radius 3 is 2.67 bits per heavy atom. The normalized spacial score (nSPS) is 23.7. The number of carbonyl (C=O) groups excluding carboxylic acids is 2. The van der Waals surface area contributed by atoms with E-state index in [4.69, 9.17) is 5.11 Å². The molecule has 118 valence electrons. The highest BCUT2D eigenvalue weighted by Crippen LogP contribution is 2.21. The number of thioether (sulfide) groups is 1. The van der Waals surface area contributed by atoms with Gasteiger partial charge in [-0.25, -0.2) is 0 Å². The Bertz CT molecular complexity index is 412. The molecule has 1 atom stereocenters. The van der Waals surface area contributed by atoms with Crippen LogP contribution in [0.2, 0.25) is 0 Å². The number of carboxylic acid groups (broad SMARTS) is 1. The summed E-state index contributed by atoms with van der Waals surface area (Å²) in [5.74, 6) is -1.27. The number of carbonyl (C=O) groups is 3. The molecule has 2 aliphatic rings. The Kier molecular flexibility index (Phi) is 5.86. The molecule has 3 N–H and O–H groups in total. The third-order valence-electron chi connectivity index (χ3n) is 3.75. The van der Waals surface area contributed by atoms with Gasteiger partial charge in [-0.05, 0) is 25.9 Å². The van der Waals surface area contributed by atoms with E-state index in [1.54, 1.807) is 11.8 Å². The number of hydrogen-bond acceptors (Lipinski definition) is 5. The van der Waals surface area contributed by atoms with Crippen molar-refractivity contribution in [2.45, 2.75) is 30.6 Å². The van der Waals surface area contributed by atoms with Gasteiger partial charge in [0.05, 0.1) is 12.2 Å². The number of amides is 2. The molecule has 0 aromatic rings. The first-order chi connectivity index (χ1) is 10.1. The fourth-order valence-corrected chi connectivity index (χ4v) is 3.73. The zero-order valence-corrected chi connectivity index (χ0v) is 12.7. The van der Waals surface area contributed by atoms with Crippen molar-refractivity contribution in [3.8, 4) is 0 Å². The third kappa shape index (κ3) is 4.60. The second kappa shape index (κ2) is 7.65. The molecule has 2 saturated heterocycles. The van der Waals surface area contributed by atoms with Crippen molar-refractivity contribution in [2.24, 2.45) is 0 Å². The molecule has 0 aliphatic carbocycles. The summed E-state index contributed by atoms with van der Waals surface area (Å²) in [6.07, 6.45) is 1.74. The van der Waals surface area contributed by atoms with Gasteiger partial charge in [-0.15, -0.1) is 11.8 Å². The van der Waals surface area contributed by atoms with Gasteiger partial charge in [-0.2, -0.15) is 0 Å². The van der Waals surface area contributed by atoms with Gasteiger partial charge in [0.25, 0.3) is 0 Å². The Morgan fingerprint density at radius 2 is 2.00 bits per heavy atom. The molecule has 0 aromatic carbocycles. The summed E-state index contributed by atoms with van der Waals surface area (Å²) in [5.41, 5.74) is 0. The van der Waals surface area contributed by atoms with Crippen LogP contribution in [0.25, 0.3) is 0 Å². The van der Waals surface area contributed by atoms with Crippen molar-refractivity contribution >= 4 is 29.5 Å². The van der Waals surface area contributed by atoms with Crippen LogP contribution in [0.5, 0.6) is 0 Å². The Labute approximate surface area is 127 Å². The van der Waals surface area contributed by atoms with E-state index in [2.05, 4.69) is 10.6 Å². The first kappa shape index (κ1) is 16.1. The molecular formula is C13H21N3O4S. The lowest BCUT2D eigenvalue weighted by molar-refractivity contribution is -0.147. The van der Waals surface area contributed by atoms with Crippen LogP contribution in [-0.4, -0.2) is 71.0 Å². The van der Waals surface area contributed by atoms with Gasteiger partial charge < -0.3 is 20.6 Å². The van der Waals surface area contributed by atoms with Crippen LogP contribution in [0.4, 0.5) is 0 Å². The van der Waals surface area contributed by atoms with Crippen LogP contribution >= 0.6 is 11.8 Å². The second-order valence-electron chi connectivity index (χ2n) is 5.25. The van der Waals surface area contributed by atoms with Gasteiger partial charge in [0.15, 0.2) is 0 Å². The van der Waals surface area contributed by atoms with Gasteiger partial charge in [-0.3, -0.25) is 14.4 Å². The maximum atomic E-state index is 12.3. The Balaban J connectivity index is 1.88. The fourth-order valence-electron chi connectivity index (χ4n) is 2.62. The summed E-state index contributed by atoms with van der Waals surface area (Å²) >= 11 is 1.61. The van der Waals surface area contributed by atoms with Gasteiger partial charge in [0.2, 0.25) is 11.8 Å². The van der Waals surface area contributed by atoms with E-state index >= 15 is 0 Å². The minimum Gasteiger partial charge on any atom is -0.481 e. The smallest absolute Gasteiger partial charge is 0.305 e. The molecule has 7 nitrogen and oxygen atoms in total. The van der Waals surface area contributed by atoms with Gasteiger partial charge in [0.1, 0.15) is 6.04 Å². The summed E-state index contributed by atoms with van der Waals surface area (Å²) in [6.45, 7) is 2.72. The average molecular weight is 315 g/mol. The minimum atomic E-state index is -1.07. The molecule has 0 spiro atoms. The summed E-state index contributed by atoms with van der Waals surface area (Å²) in [6, 6.07) is -0.877. The number of piperazine rings is 1. The molecule has 0 aromatic heterocycles. The third-order valence-corrected chi connectivity index (χ3v) is 5.10. The number of aliphatic carboxylic acids is 1. The van der Waals surface area contributed by atoms with Crippen LogP contribution < -0.4 is 10.6 Å². The SMILES string of the molecule is O=C(O)CC1C(=O)NCCN1C(=O)CSC1CCNCC1. The number of hydrogen-bond donors (Lipinski definition) is 3. The van der Waals surface area contributed by atoms with Crippen LogP contribution in [0.1, 0.15) is 19.3 Å². The zero-order chi connectivity index (χ0) is 15.2. The first-order valence-electron chi connectivity index (χ1n) is 7.19. The monoisotopic (exact) mass is 315 g/mol. The maximum Gasteiger partial charge on any atom is 0.305 e. The standard InChI is InChI=1S/C13H21N3O4S/c17-11(8-21-9-1-3-14-4-2-9)16-6-5-15-13(20)10(16)7-12(18)19/h9-10,14H,1-8H2,(H,15,20)(H,18,19). The van der Waals surface area contributed by atoms with Gasteiger partial charge >= 0.3 is 5.97 Å². The van der Waals surface area contributed by atoms with E-state index in [1.807, 2.05) is 0 Å². The maximum absolute atomic E-state index is 12.3. The predicted molar refractivity (Wildman–Crippen MR) is 79.1 cm³/mol. The highest BCUT2D eigenvalue weighted by atomic mass is 32.2.